The van der Waals surface area contributed by atoms with Crippen LogP contribution in [0, 0.1) is 17.3 Å². The van der Waals surface area contributed by atoms with Crippen molar-refractivity contribution in [3.8, 4) is 0 Å². The van der Waals surface area contributed by atoms with Gasteiger partial charge in [0.05, 0.1) is 0 Å². The Bertz CT molecular complexity index is 160. The van der Waals surface area contributed by atoms with Crippen molar-refractivity contribution in [3.63, 3.8) is 0 Å². The monoisotopic (exact) mass is 168 g/mol. The number of carbonyl (C=O) groups excluding carboxylic acids is 1. The highest BCUT2D eigenvalue weighted by atomic mass is 16.1. The summed E-state index contributed by atoms with van der Waals surface area (Å²) >= 11 is 0. The number of rotatable bonds is 3. The van der Waals surface area contributed by atoms with Crippen LogP contribution in [-0.2, 0) is 4.79 Å². The van der Waals surface area contributed by atoms with E-state index in [0.29, 0.717) is 5.41 Å². The maximum absolute atomic E-state index is 10.3. The lowest BCUT2D eigenvalue weighted by molar-refractivity contribution is -0.108. The zero-order valence-electron chi connectivity index (χ0n) is 8.47. The Kier molecular flexibility index (Phi) is 2.92. The molecule has 0 heterocycles. The van der Waals surface area contributed by atoms with Crippen LogP contribution >= 0.6 is 0 Å². The van der Waals surface area contributed by atoms with Crippen molar-refractivity contribution >= 4 is 6.29 Å². The van der Waals surface area contributed by atoms with E-state index in [-0.39, 0.29) is 0 Å². The van der Waals surface area contributed by atoms with Gasteiger partial charge in [0.25, 0.3) is 0 Å². The van der Waals surface area contributed by atoms with Crippen molar-refractivity contribution in [2.24, 2.45) is 17.3 Å². The van der Waals surface area contributed by atoms with Gasteiger partial charge in [-0.1, -0.05) is 20.8 Å². The lowest BCUT2D eigenvalue weighted by atomic mass is 9.75. The molecule has 1 nitrogen and oxygen atoms in total. The molecule has 1 saturated carbocycles. The first-order chi connectivity index (χ1) is 5.59. The van der Waals surface area contributed by atoms with Gasteiger partial charge < -0.3 is 4.79 Å². The van der Waals surface area contributed by atoms with Gasteiger partial charge >= 0.3 is 0 Å². The molecule has 0 aromatic heterocycles. The van der Waals surface area contributed by atoms with Gasteiger partial charge in [-0.15, -0.1) is 0 Å². The van der Waals surface area contributed by atoms with Crippen LogP contribution in [0.5, 0.6) is 0 Å². The second-order valence-corrected chi connectivity index (χ2v) is 4.74. The lowest BCUT2D eigenvalue weighted by Crippen LogP contribution is -2.23. The first-order valence-corrected chi connectivity index (χ1v) is 5.02. The summed E-state index contributed by atoms with van der Waals surface area (Å²) in [6.45, 7) is 7.03. The highest BCUT2D eigenvalue weighted by Crippen LogP contribution is 2.48. The Morgan fingerprint density at radius 3 is 2.50 bits per heavy atom. The van der Waals surface area contributed by atoms with Crippen LogP contribution in [-0.4, -0.2) is 6.29 Å². The largest absolute Gasteiger partial charge is 0.303 e. The number of carbonyl (C=O) groups is 1. The van der Waals surface area contributed by atoms with E-state index in [0.717, 1.165) is 31.0 Å². The number of hydrogen-bond donors (Lipinski definition) is 0. The van der Waals surface area contributed by atoms with E-state index in [4.69, 9.17) is 0 Å². The fraction of sp³-hybridized carbons (Fsp3) is 0.909. The van der Waals surface area contributed by atoms with Crippen molar-refractivity contribution in [1.82, 2.24) is 0 Å². The summed E-state index contributed by atoms with van der Waals surface area (Å²) in [5, 5.41) is 0. The Hall–Kier alpha value is -0.330. The molecule has 0 radical (unpaired) electrons. The Morgan fingerprint density at radius 2 is 2.08 bits per heavy atom. The summed E-state index contributed by atoms with van der Waals surface area (Å²) in [6.07, 6.45) is 5.57. The Morgan fingerprint density at radius 1 is 1.42 bits per heavy atom. The summed E-state index contributed by atoms with van der Waals surface area (Å²) in [5.41, 5.74) is 0.461. The quantitative estimate of drug-likeness (QED) is 0.592. The minimum Gasteiger partial charge on any atom is -0.303 e. The van der Waals surface area contributed by atoms with Crippen LogP contribution in [0.25, 0.3) is 0 Å². The maximum atomic E-state index is 10.3. The Balaban J connectivity index is 2.49. The van der Waals surface area contributed by atoms with Gasteiger partial charge in [-0.3, -0.25) is 0 Å². The second kappa shape index (κ2) is 3.59. The molecule has 1 aliphatic rings. The van der Waals surface area contributed by atoms with Crippen molar-refractivity contribution in [2.75, 3.05) is 0 Å². The molecule has 0 amide bonds. The van der Waals surface area contributed by atoms with Crippen LogP contribution in [0.1, 0.15) is 46.5 Å². The molecule has 0 aliphatic heterocycles. The average Bonchev–Trinajstić information content (AvgIpc) is 2.25. The van der Waals surface area contributed by atoms with Gasteiger partial charge in [-0.2, -0.15) is 0 Å². The van der Waals surface area contributed by atoms with Crippen LogP contribution in [0.3, 0.4) is 0 Å². The minimum absolute atomic E-state index is 0.461. The number of hydrogen-bond acceptors (Lipinski definition) is 1. The summed E-state index contributed by atoms with van der Waals surface area (Å²) in [5.74, 6) is 1.60. The lowest BCUT2D eigenvalue weighted by Gasteiger charge is -2.30. The van der Waals surface area contributed by atoms with Crippen LogP contribution in [0.2, 0.25) is 0 Å². The second-order valence-electron chi connectivity index (χ2n) is 4.74. The van der Waals surface area contributed by atoms with Gasteiger partial charge in [0.1, 0.15) is 6.29 Å². The first-order valence-electron chi connectivity index (χ1n) is 5.02. The fourth-order valence-corrected chi connectivity index (χ4v) is 2.38. The van der Waals surface area contributed by atoms with Crippen molar-refractivity contribution < 1.29 is 4.79 Å². The molecule has 0 aromatic carbocycles. The van der Waals surface area contributed by atoms with Crippen molar-refractivity contribution in [2.45, 2.75) is 46.5 Å². The molecule has 0 N–H and O–H groups in total. The highest BCUT2D eigenvalue weighted by Gasteiger charge is 2.39. The molecule has 1 rings (SSSR count). The molecule has 2 atom stereocenters. The molecule has 1 unspecified atom stereocenters. The van der Waals surface area contributed by atoms with Crippen molar-refractivity contribution in [1.29, 1.82) is 0 Å². The summed E-state index contributed by atoms with van der Waals surface area (Å²) in [4.78, 5) is 10.3. The van der Waals surface area contributed by atoms with Gasteiger partial charge in [0, 0.05) is 6.42 Å². The predicted molar refractivity (Wildman–Crippen MR) is 51.0 cm³/mol. The van der Waals surface area contributed by atoms with E-state index < -0.39 is 0 Å². The molecule has 0 aromatic rings. The summed E-state index contributed by atoms with van der Waals surface area (Å²) in [7, 11) is 0. The van der Waals surface area contributed by atoms with Crippen LogP contribution in [0.15, 0.2) is 0 Å². The smallest absolute Gasteiger partial charge is 0.120 e. The minimum atomic E-state index is 0.461. The molecule has 12 heavy (non-hydrogen) atoms. The van der Waals surface area contributed by atoms with E-state index in [2.05, 4.69) is 20.8 Å². The molecular weight excluding hydrogens is 148 g/mol. The molecule has 1 aliphatic carbocycles. The molecule has 0 saturated heterocycles. The third-order valence-corrected chi connectivity index (χ3v) is 3.90. The molecule has 70 valence electrons. The first kappa shape index (κ1) is 9.76. The summed E-state index contributed by atoms with van der Waals surface area (Å²) in [6, 6.07) is 0. The van der Waals surface area contributed by atoms with E-state index in [1.807, 2.05) is 0 Å². The molecule has 1 heteroatoms. The highest BCUT2D eigenvalue weighted by molar-refractivity contribution is 5.49. The Labute approximate surface area is 75.5 Å². The summed E-state index contributed by atoms with van der Waals surface area (Å²) < 4.78 is 0. The molecule has 0 bridgehead atoms. The third-order valence-electron chi connectivity index (χ3n) is 3.90. The predicted octanol–water partition coefficient (Wildman–Crippen LogP) is 3.04. The SMILES string of the molecule is CC1CC[C@H](CCC=O)C1(C)C. The van der Waals surface area contributed by atoms with E-state index in [1.54, 1.807) is 0 Å². The van der Waals surface area contributed by atoms with E-state index >= 15 is 0 Å². The molecular formula is C11H20O. The average molecular weight is 168 g/mol. The third kappa shape index (κ3) is 1.70. The van der Waals surface area contributed by atoms with Crippen LogP contribution < -0.4 is 0 Å². The topological polar surface area (TPSA) is 17.1 Å². The van der Waals surface area contributed by atoms with Crippen LogP contribution in [0.4, 0.5) is 0 Å². The van der Waals surface area contributed by atoms with Gasteiger partial charge in [-0.05, 0) is 36.5 Å². The fourth-order valence-electron chi connectivity index (χ4n) is 2.38. The van der Waals surface area contributed by atoms with Crippen molar-refractivity contribution in [3.05, 3.63) is 0 Å². The normalized spacial score (nSPS) is 33.6. The molecule has 0 spiro atoms. The number of aldehydes is 1. The molecule has 1 fully saturated rings. The van der Waals surface area contributed by atoms with E-state index in [1.165, 1.54) is 12.8 Å². The van der Waals surface area contributed by atoms with Gasteiger partial charge in [0.2, 0.25) is 0 Å². The zero-order chi connectivity index (χ0) is 9.19. The van der Waals surface area contributed by atoms with Gasteiger partial charge in [0.15, 0.2) is 0 Å². The zero-order valence-corrected chi connectivity index (χ0v) is 8.47. The van der Waals surface area contributed by atoms with Gasteiger partial charge in [-0.25, -0.2) is 0 Å². The maximum Gasteiger partial charge on any atom is 0.120 e. The standard InChI is InChI=1S/C11H20O/c1-9-6-7-10(5-4-8-12)11(9,2)3/h8-10H,4-7H2,1-3H3/t9?,10-/m0/s1. The van der Waals surface area contributed by atoms with E-state index in [9.17, 15) is 4.79 Å².